The second-order valence-corrected chi connectivity index (χ2v) is 9.66. The van der Waals surface area contributed by atoms with Crippen LogP contribution in [0, 0.1) is 0 Å². The fourth-order valence-corrected chi connectivity index (χ4v) is 5.30. The van der Waals surface area contributed by atoms with Gasteiger partial charge in [0.05, 0.1) is 28.3 Å². The number of para-hydroxylation sites is 1. The molecule has 4 rings (SSSR count). The van der Waals surface area contributed by atoms with Crippen molar-refractivity contribution in [3.63, 3.8) is 0 Å². The molecule has 1 aliphatic rings. The van der Waals surface area contributed by atoms with E-state index in [0.29, 0.717) is 31.9 Å². The number of esters is 1. The molecule has 0 bridgehead atoms. The largest absolute Gasteiger partial charge is 0.455 e. The highest BCUT2D eigenvalue weighted by atomic mass is 32.2. The summed E-state index contributed by atoms with van der Waals surface area (Å²) >= 11 is 1.49. The van der Waals surface area contributed by atoms with Crippen molar-refractivity contribution in [2.45, 2.75) is 11.5 Å². The van der Waals surface area contributed by atoms with Crippen molar-refractivity contribution in [3.05, 3.63) is 65.2 Å². The molecule has 2 heterocycles. The third-order valence-corrected chi connectivity index (χ3v) is 7.50. The average molecular weight is 445 g/mol. The number of aromatic nitrogens is 1. The van der Waals surface area contributed by atoms with Gasteiger partial charge in [-0.3, -0.25) is 0 Å². The summed E-state index contributed by atoms with van der Waals surface area (Å²) in [5.74, 6) is -0.487. The molecule has 0 N–H and O–H groups in total. The van der Waals surface area contributed by atoms with Crippen LogP contribution in [0.1, 0.15) is 10.6 Å². The van der Waals surface area contributed by atoms with Crippen LogP contribution in [-0.4, -0.2) is 50.0 Å². The number of hydrogen-bond acceptors (Lipinski definition) is 7. The first-order valence-corrected chi connectivity index (χ1v) is 11.7. The molecular formula is C21H20N2O5S2. The minimum atomic E-state index is -3.53. The number of thiazole rings is 1. The smallest absolute Gasteiger partial charge is 0.331 e. The van der Waals surface area contributed by atoms with E-state index in [1.807, 2.05) is 24.3 Å². The van der Waals surface area contributed by atoms with Gasteiger partial charge in [-0.05, 0) is 35.9 Å². The van der Waals surface area contributed by atoms with Crippen molar-refractivity contribution >= 4 is 43.6 Å². The van der Waals surface area contributed by atoms with E-state index in [1.54, 1.807) is 18.2 Å². The van der Waals surface area contributed by atoms with Crippen molar-refractivity contribution < 1.29 is 22.7 Å². The van der Waals surface area contributed by atoms with Crippen LogP contribution in [0.5, 0.6) is 0 Å². The van der Waals surface area contributed by atoms with Gasteiger partial charge < -0.3 is 9.47 Å². The molecule has 0 saturated carbocycles. The molecule has 7 nitrogen and oxygen atoms in total. The fourth-order valence-electron chi connectivity index (χ4n) is 3.01. The lowest BCUT2D eigenvalue weighted by Crippen LogP contribution is -2.40. The maximum atomic E-state index is 12.6. The number of morpholine rings is 1. The number of sulfonamides is 1. The maximum Gasteiger partial charge on any atom is 0.331 e. The van der Waals surface area contributed by atoms with Crippen molar-refractivity contribution in [3.8, 4) is 0 Å². The molecule has 0 amide bonds. The maximum absolute atomic E-state index is 12.6. The number of benzene rings is 2. The normalized spacial score (nSPS) is 15.6. The summed E-state index contributed by atoms with van der Waals surface area (Å²) < 4.78 is 38.2. The summed E-state index contributed by atoms with van der Waals surface area (Å²) in [4.78, 5) is 16.6. The van der Waals surface area contributed by atoms with Crippen molar-refractivity contribution in [2.75, 3.05) is 26.3 Å². The molecule has 1 aromatic heterocycles. The number of hydrogen-bond donors (Lipinski definition) is 0. The quantitative estimate of drug-likeness (QED) is 0.429. The van der Waals surface area contributed by atoms with Crippen molar-refractivity contribution in [2.24, 2.45) is 0 Å². The van der Waals surface area contributed by atoms with Crippen LogP contribution < -0.4 is 0 Å². The van der Waals surface area contributed by atoms with Gasteiger partial charge in [-0.25, -0.2) is 18.2 Å². The van der Waals surface area contributed by atoms with E-state index in [0.717, 1.165) is 15.2 Å². The monoisotopic (exact) mass is 444 g/mol. The van der Waals surface area contributed by atoms with E-state index in [9.17, 15) is 13.2 Å². The third kappa shape index (κ3) is 4.76. The summed E-state index contributed by atoms with van der Waals surface area (Å²) in [6, 6.07) is 14.1. The van der Waals surface area contributed by atoms with Gasteiger partial charge in [0.2, 0.25) is 10.0 Å². The van der Waals surface area contributed by atoms with E-state index in [2.05, 4.69) is 4.98 Å². The molecule has 30 heavy (non-hydrogen) atoms. The topological polar surface area (TPSA) is 85.8 Å². The van der Waals surface area contributed by atoms with Gasteiger partial charge in [-0.15, -0.1) is 11.3 Å². The zero-order valence-electron chi connectivity index (χ0n) is 16.1. The van der Waals surface area contributed by atoms with E-state index >= 15 is 0 Å². The van der Waals surface area contributed by atoms with Gasteiger partial charge in [0.15, 0.2) is 0 Å². The third-order valence-electron chi connectivity index (χ3n) is 4.58. The van der Waals surface area contributed by atoms with Crippen LogP contribution in [0.4, 0.5) is 0 Å². The second-order valence-electron chi connectivity index (χ2n) is 6.60. The van der Waals surface area contributed by atoms with Crippen LogP contribution >= 0.6 is 11.3 Å². The van der Waals surface area contributed by atoms with Crippen LogP contribution in [0.25, 0.3) is 16.3 Å². The molecule has 0 unspecified atom stereocenters. The highest BCUT2D eigenvalue weighted by Crippen LogP contribution is 2.22. The summed E-state index contributed by atoms with van der Waals surface area (Å²) in [7, 11) is -3.53. The Hall–Kier alpha value is -2.59. The van der Waals surface area contributed by atoms with Gasteiger partial charge in [-0.2, -0.15) is 4.31 Å². The fraction of sp³-hybridized carbons (Fsp3) is 0.238. The Morgan fingerprint density at radius 3 is 2.60 bits per heavy atom. The lowest BCUT2D eigenvalue weighted by molar-refractivity contribution is -0.138. The standard InChI is InChI=1S/C21H20N2O5S2/c24-21(28-15-20-22-18-3-1-2-4-19(18)29-20)10-7-16-5-8-17(9-6-16)30(25,26)23-11-13-27-14-12-23/h1-10H,11-15H2/b10-7+. The Bertz CT molecular complexity index is 1130. The first-order chi connectivity index (χ1) is 14.5. The zero-order valence-corrected chi connectivity index (χ0v) is 17.7. The van der Waals surface area contributed by atoms with Gasteiger partial charge in [-0.1, -0.05) is 24.3 Å². The Morgan fingerprint density at radius 2 is 1.87 bits per heavy atom. The molecule has 0 atom stereocenters. The van der Waals surface area contributed by atoms with E-state index in [4.69, 9.17) is 9.47 Å². The molecule has 3 aromatic rings. The number of ether oxygens (including phenoxy) is 2. The average Bonchev–Trinajstić information content (AvgIpc) is 3.20. The summed E-state index contributed by atoms with van der Waals surface area (Å²) in [6.07, 6.45) is 2.91. The molecule has 2 aromatic carbocycles. The molecule has 1 fully saturated rings. The summed E-state index contributed by atoms with van der Waals surface area (Å²) in [5, 5.41) is 0.732. The SMILES string of the molecule is O=C(/C=C/c1ccc(S(=O)(=O)N2CCOCC2)cc1)OCc1nc2ccccc2s1. The molecule has 1 saturated heterocycles. The molecule has 0 spiro atoms. The van der Waals surface area contributed by atoms with Gasteiger partial charge in [0, 0.05) is 19.2 Å². The van der Waals surface area contributed by atoms with Crippen LogP contribution in [-0.2, 0) is 30.9 Å². The van der Waals surface area contributed by atoms with Gasteiger partial charge in [0.25, 0.3) is 0 Å². The highest BCUT2D eigenvalue weighted by Gasteiger charge is 2.25. The lowest BCUT2D eigenvalue weighted by Gasteiger charge is -2.26. The Balaban J connectivity index is 1.34. The number of fused-ring (bicyclic) bond motifs is 1. The number of nitrogens with zero attached hydrogens (tertiary/aromatic N) is 2. The molecular weight excluding hydrogens is 424 g/mol. The predicted molar refractivity (Wildman–Crippen MR) is 114 cm³/mol. The zero-order chi connectivity index (χ0) is 21.0. The number of carbonyl (C=O) groups excluding carboxylic acids is 1. The minimum Gasteiger partial charge on any atom is -0.455 e. The second kappa shape index (κ2) is 9.05. The minimum absolute atomic E-state index is 0.110. The van der Waals surface area contributed by atoms with Crippen LogP contribution in [0.3, 0.4) is 0 Å². The number of rotatable bonds is 6. The molecule has 9 heteroatoms. The van der Waals surface area contributed by atoms with Gasteiger partial charge in [0.1, 0.15) is 11.6 Å². The van der Waals surface area contributed by atoms with Crippen LogP contribution in [0.2, 0.25) is 0 Å². The van der Waals surface area contributed by atoms with E-state index < -0.39 is 16.0 Å². The molecule has 0 aliphatic carbocycles. The summed E-state index contributed by atoms with van der Waals surface area (Å²) in [6.45, 7) is 1.62. The Kier molecular flexibility index (Phi) is 6.24. The first kappa shape index (κ1) is 20.7. The van der Waals surface area contributed by atoms with Crippen molar-refractivity contribution in [1.29, 1.82) is 0 Å². The lowest BCUT2D eigenvalue weighted by atomic mass is 10.2. The van der Waals surface area contributed by atoms with Gasteiger partial charge >= 0.3 is 5.97 Å². The van der Waals surface area contributed by atoms with E-state index in [1.165, 1.54) is 33.9 Å². The molecule has 1 aliphatic heterocycles. The Labute approximate surface area is 178 Å². The van der Waals surface area contributed by atoms with Crippen LogP contribution in [0.15, 0.2) is 59.5 Å². The first-order valence-electron chi connectivity index (χ1n) is 9.40. The highest BCUT2D eigenvalue weighted by molar-refractivity contribution is 7.89. The Morgan fingerprint density at radius 1 is 1.13 bits per heavy atom. The van der Waals surface area contributed by atoms with E-state index in [-0.39, 0.29) is 11.5 Å². The molecule has 156 valence electrons. The molecule has 0 radical (unpaired) electrons. The summed E-state index contributed by atoms with van der Waals surface area (Å²) in [5.41, 5.74) is 1.59. The predicted octanol–water partition coefficient (Wildman–Crippen LogP) is 3.07. The van der Waals surface area contributed by atoms with Crippen molar-refractivity contribution in [1.82, 2.24) is 9.29 Å². The number of carbonyl (C=O) groups is 1.